The first-order chi connectivity index (χ1) is 8.83. The van der Waals surface area contributed by atoms with E-state index in [-0.39, 0.29) is 0 Å². The van der Waals surface area contributed by atoms with Crippen molar-refractivity contribution in [2.24, 2.45) is 0 Å². The molecule has 2 aliphatic rings. The van der Waals surface area contributed by atoms with Gasteiger partial charge >= 0.3 is 0 Å². The molecule has 0 spiro atoms. The van der Waals surface area contributed by atoms with Gasteiger partial charge in [0.2, 0.25) is 0 Å². The molecular formula is C15H23N3. The molecule has 2 fully saturated rings. The van der Waals surface area contributed by atoms with E-state index in [1.54, 1.807) is 0 Å². The third-order valence-corrected chi connectivity index (χ3v) is 4.17. The van der Waals surface area contributed by atoms with Crippen molar-refractivity contribution in [1.82, 2.24) is 15.2 Å². The third kappa shape index (κ3) is 2.90. The monoisotopic (exact) mass is 245 g/mol. The van der Waals surface area contributed by atoms with Crippen LogP contribution in [0.4, 0.5) is 0 Å². The van der Waals surface area contributed by atoms with Crippen molar-refractivity contribution in [1.29, 1.82) is 0 Å². The predicted molar refractivity (Wildman–Crippen MR) is 73.4 cm³/mol. The van der Waals surface area contributed by atoms with Crippen molar-refractivity contribution >= 4 is 0 Å². The second kappa shape index (κ2) is 5.37. The Balaban J connectivity index is 1.64. The Labute approximate surface area is 110 Å². The number of hydrogen-bond acceptors (Lipinski definition) is 3. The van der Waals surface area contributed by atoms with Gasteiger partial charge in [-0.2, -0.15) is 0 Å². The van der Waals surface area contributed by atoms with Crippen LogP contribution in [-0.2, 0) is 6.54 Å². The average Bonchev–Trinajstić information content (AvgIpc) is 3.10. The largest absolute Gasteiger partial charge is 0.313 e. The van der Waals surface area contributed by atoms with E-state index >= 15 is 0 Å². The van der Waals surface area contributed by atoms with Crippen LogP contribution in [0, 0.1) is 6.92 Å². The molecule has 0 aromatic carbocycles. The fourth-order valence-corrected chi connectivity index (χ4v) is 2.88. The molecule has 18 heavy (non-hydrogen) atoms. The Hall–Kier alpha value is -0.930. The molecule has 1 saturated carbocycles. The number of nitrogens with one attached hydrogen (secondary N) is 1. The van der Waals surface area contributed by atoms with E-state index in [4.69, 9.17) is 0 Å². The van der Waals surface area contributed by atoms with Crippen molar-refractivity contribution in [3.63, 3.8) is 0 Å². The van der Waals surface area contributed by atoms with Gasteiger partial charge in [0.15, 0.2) is 0 Å². The SMILES string of the molecule is Cc1ncccc1CN(C[C@@H]1CCCN1)C1CC1. The molecule has 1 N–H and O–H groups in total. The summed E-state index contributed by atoms with van der Waals surface area (Å²) < 4.78 is 0. The number of pyridine rings is 1. The molecule has 1 saturated heterocycles. The Morgan fingerprint density at radius 1 is 1.39 bits per heavy atom. The van der Waals surface area contributed by atoms with Crippen LogP contribution < -0.4 is 5.32 Å². The summed E-state index contributed by atoms with van der Waals surface area (Å²) in [6.45, 7) is 5.60. The molecule has 3 heteroatoms. The van der Waals surface area contributed by atoms with Crippen LogP contribution in [-0.4, -0.2) is 35.1 Å². The standard InChI is InChI=1S/C15H23N3/c1-12-13(4-2-8-16-12)10-18(15-6-7-15)11-14-5-3-9-17-14/h2,4,8,14-15,17H,3,5-7,9-11H2,1H3/t14-/m0/s1. The van der Waals surface area contributed by atoms with Gasteiger partial charge < -0.3 is 5.32 Å². The molecule has 1 atom stereocenters. The van der Waals surface area contributed by atoms with Gasteiger partial charge in [0.25, 0.3) is 0 Å². The lowest BCUT2D eigenvalue weighted by Gasteiger charge is -2.26. The smallest absolute Gasteiger partial charge is 0.0417 e. The lowest BCUT2D eigenvalue weighted by Crippen LogP contribution is -2.38. The highest BCUT2D eigenvalue weighted by Crippen LogP contribution is 2.29. The van der Waals surface area contributed by atoms with E-state index in [9.17, 15) is 0 Å². The molecule has 0 radical (unpaired) electrons. The maximum absolute atomic E-state index is 4.40. The molecule has 98 valence electrons. The topological polar surface area (TPSA) is 28.2 Å². The quantitative estimate of drug-likeness (QED) is 0.861. The van der Waals surface area contributed by atoms with Gasteiger partial charge in [-0.3, -0.25) is 9.88 Å². The Morgan fingerprint density at radius 2 is 2.28 bits per heavy atom. The molecule has 0 bridgehead atoms. The van der Waals surface area contributed by atoms with Crippen LogP contribution in [0.5, 0.6) is 0 Å². The summed E-state index contributed by atoms with van der Waals surface area (Å²) in [4.78, 5) is 7.06. The number of nitrogens with zero attached hydrogens (tertiary/aromatic N) is 2. The Kier molecular flexibility index (Phi) is 3.62. The number of aromatic nitrogens is 1. The van der Waals surface area contributed by atoms with Gasteiger partial charge in [0.05, 0.1) is 0 Å². The predicted octanol–water partition coefficient (Wildman–Crippen LogP) is 2.11. The minimum absolute atomic E-state index is 0.711. The van der Waals surface area contributed by atoms with Crippen LogP contribution in [0.3, 0.4) is 0 Å². The minimum atomic E-state index is 0.711. The van der Waals surface area contributed by atoms with Crippen molar-refractivity contribution in [3.05, 3.63) is 29.6 Å². The van der Waals surface area contributed by atoms with Crippen molar-refractivity contribution in [3.8, 4) is 0 Å². The van der Waals surface area contributed by atoms with Crippen LogP contribution >= 0.6 is 0 Å². The molecule has 1 aliphatic heterocycles. The Morgan fingerprint density at radius 3 is 2.94 bits per heavy atom. The first-order valence-electron chi connectivity index (χ1n) is 7.21. The van der Waals surface area contributed by atoms with E-state index in [1.165, 1.54) is 50.0 Å². The van der Waals surface area contributed by atoms with Crippen LogP contribution in [0.15, 0.2) is 18.3 Å². The first kappa shape index (κ1) is 12.1. The van der Waals surface area contributed by atoms with Gasteiger partial charge in [0, 0.05) is 37.1 Å². The molecule has 3 rings (SSSR count). The number of hydrogen-bond donors (Lipinski definition) is 1. The van der Waals surface area contributed by atoms with E-state index in [2.05, 4.69) is 34.3 Å². The number of aryl methyl sites for hydroxylation is 1. The fraction of sp³-hybridized carbons (Fsp3) is 0.667. The summed E-state index contributed by atoms with van der Waals surface area (Å²) in [5.74, 6) is 0. The normalized spacial score (nSPS) is 23.8. The highest BCUT2D eigenvalue weighted by Gasteiger charge is 2.31. The summed E-state index contributed by atoms with van der Waals surface area (Å²) in [6.07, 6.45) is 7.33. The summed E-state index contributed by atoms with van der Waals surface area (Å²) in [5.41, 5.74) is 2.57. The van der Waals surface area contributed by atoms with Crippen LogP contribution in [0.25, 0.3) is 0 Å². The summed E-state index contributed by atoms with van der Waals surface area (Å²) in [6, 6.07) is 5.82. The van der Waals surface area contributed by atoms with Gasteiger partial charge in [-0.15, -0.1) is 0 Å². The summed E-state index contributed by atoms with van der Waals surface area (Å²) in [5, 5.41) is 3.61. The van der Waals surface area contributed by atoms with Gasteiger partial charge in [-0.05, 0) is 50.8 Å². The zero-order valence-corrected chi connectivity index (χ0v) is 11.2. The maximum atomic E-state index is 4.40. The molecule has 3 nitrogen and oxygen atoms in total. The minimum Gasteiger partial charge on any atom is -0.313 e. The lowest BCUT2D eigenvalue weighted by molar-refractivity contribution is 0.230. The van der Waals surface area contributed by atoms with Crippen molar-refractivity contribution in [2.45, 2.75) is 51.2 Å². The average molecular weight is 245 g/mol. The highest BCUT2D eigenvalue weighted by atomic mass is 15.2. The summed E-state index contributed by atoms with van der Waals surface area (Å²) in [7, 11) is 0. The van der Waals surface area contributed by atoms with Crippen molar-refractivity contribution in [2.75, 3.05) is 13.1 Å². The van der Waals surface area contributed by atoms with Crippen molar-refractivity contribution < 1.29 is 0 Å². The zero-order chi connectivity index (χ0) is 12.4. The molecule has 0 amide bonds. The van der Waals surface area contributed by atoms with Gasteiger partial charge in [-0.25, -0.2) is 0 Å². The molecule has 2 heterocycles. The van der Waals surface area contributed by atoms with E-state index in [0.29, 0.717) is 6.04 Å². The zero-order valence-electron chi connectivity index (χ0n) is 11.2. The fourth-order valence-electron chi connectivity index (χ4n) is 2.88. The maximum Gasteiger partial charge on any atom is 0.0417 e. The van der Waals surface area contributed by atoms with E-state index in [1.807, 2.05) is 6.20 Å². The second-order valence-corrected chi connectivity index (χ2v) is 5.70. The highest BCUT2D eigenvalue weighted by molar-refractivity contribution is 5.18. The molecule has 0 unspecified atom stereocenters. The molecule has 1 aliphatic carbocycles. The summed E-state index contributed by atoms with van der Waals surface area (Å²) >= 11 is 0. The van der Waals surface area contributed by atoms with Crippen LogP contribution in [0.1, 0.15) is 36.9 Å². The lowest BCUT2D eigenvalue weighted by atomic mass is 10.1. The first-order valence-corrected chi connectivity index (χ1v) is 7.21. The van der Waals surface area contributed by atoms with Gasteiger partial charge in [-0.1, -0.05) is 6.07 Å². The van der Waals surface area contributed by atoms with Crippen LogP contribution in [0.2, 0.25) is 0 Å². The molecule has 1 aromatic heterocycles. The second-order valence-electron chi connectivity index (χ2n) is 5.70. The number of rotatable bonds is 5. The third-order valence-electron chi connectivity index (χ3n) is 4.17. The van der Waals surface area contributed by atoms with Gasteiger partial charge in [0.1, 0.15) is 0 Å². The van der Waals surface area contributed by atoms with E-state index < -0.39 is 0 Å². The molecular weight excluding hydrogens is 222 g/mol. The molecule has 1 aromatic rings. The van der Waals surface area contributed by atoms with E-state index in [0.717, 1.165) is 12.6 Å². The Bertz CT molecular complexity index is 394.